The highest BCUT2D eigenvalue weighted by Crippen LogP contribution is 2.26. The van der Waals surface area contributed by atoms with Gasteiger partial charge in [0.05, 0.1) is 11.0 Å². The number of nitrogens with one attached hydrogen (secondary N) is 1. The first-order valence-electron chi connectivity index (χ1n) is 6.27. The zero-order valence-electron chi connectivity index (χ0n) is 10.5. The van der Waals surface area contributed by atoms with E-state index in [0.717, 1.165) is 27.8 Å². The molecule has 4 rings (SSSR count). The highest BCUT2D eigenvalue weighted by Gasteiger charge is 2.10. The number of fused-ring (bicyclic) bond motifs is 2. The van der Waals surface area contributed by atoms with E-state index in [1.165, 1.54) is 0 Å². The fraction of sp³-hybridized carbons (Fsp3) is 0. The van der Waals surface area contributed by atoms with Gasteiger partial charge in [-0.2, -0.15) is 0 Å². The predicted molar refractivity (Wildman–Crippen MR) is 79.0 cm³/mol. The van der Waals surface area contributed by atoms with Gasteiger partial charge in [0.25, 0.3) is 0 Å². The summed E-state index contributed by atoms with van der Waals surface area (Å²) in [7, 11) is 0. The van der Waals surface area contributed by atoms with E-state index in [0.29, 0.717) is 11.5 Å². The molecule has 0 fully saturated rings. The summed E-state index contributed by atoms with van der Waals surface area (Å²) in [4.78, 5) is 16.4. The lowest BCUT2D eigenvalue weighted by atomic mass is 10.1. The molecule has 0 saturated carbocycles. The van der Waals surface area contributed by atoms with Crippen LogP contribution < -0.4 is 5.73 Å². The van der Waals surface area contributed by atoms with Gasteiger partial charge in [-0.3, -0.25) is 4.98 Å². The van der Waals surface area contributed by atoms with Crippen molar-refractivity contribution in [3.63, 3.8) is 0 Å². The van der Waals surface area contributed by atoms with Gasteiger partial charge in [0, 0.05) is 17.1 Å². The van der Waals surface area contributed by atoms with Gasteiger partial charge in [0.1, 0.15) is 11.6 Å². The van der Waals surface area contributed by atoms with Gasteiger partial charge in [-0.15, -0.1) is 0 Å². The molecule has 5 heteroatoms. The van der Waals surface area contributed by atoms with Gasteiger partial charge >= 0.3 is 0 Å². The molecule has 0 unspecified atom stereocenters. The molecule has 5 nitrogen and oxygen atoms in total. The number of aromatic nitrogens is 4. The van der Waals surface area contributed by atoms with Crippen molar-refractivity contribution in [1.82, 2.24) is 19.9 Å². The van der Waals surface area contributed by atoms with Crippen molar-refractivity contribution in [2.75, 3.05) is 5.73 Å². The lowest BCUT2D eigenvalue weighted by Gasteiger charge is -2.01. The fourth-order valence-electron chi connectivity index (χ4n) is 2.33. The van der Waals surface area contributed by atoms with E-state index in [-0.39, 0.29) is 0 Å². The Balaban J connectivity index is 2.01. The summed E-state index contributed by atoms with van der Waals surface area (Å²) < 4.78 is 0. The molecule has 1 aromatic carbocycles. The Morgan fingerprint density at radius 3 is 2.80 bits per heavy atom. The quantitative estimate of drug-likeness (QED) is 0.552. The number of H-pyrrole nitrogens is 1. The second-order valence-corrected chi connectivity index (χ2v) is 4.57. The van der Waals surface area contributed by atoms with Crippen LogP contribution in [-0.2, 0) is 0 Å². The molecule has 3 aromatic heterocycles. The van der Waals surface area contributed by atoms with Crippen LogP contribution in [0.4, 0.5) is 5.82 Å². The Kier molecular flexibility index (Phi) is 2.20. The van der Waals surface area contributed by atoms with Crippen molar-refractivity contribution in [3.05, 3.63) is 48.7 Å². The topological polar surface area (TPSA) is 80.5 Å². The zero-order valence-corrected chi connectivity index (χ0v) is 10.5. The van der Waals surface area contributed by atoms with E-state index in [2.05, 4.69) is 19.9 Å². The zero-order chi connectivity index (χ0) is 13.5. The van der Waals surface area contributed by atoms with Gasteiger partial charge < -0.3 is 10.7 Å². The summed E-state index contributed by atoms with van der Waals surface area (Å²) >= 11 is 0. The van der Waals surface area contributed by atoms with E-state index in [1.807, 2.05) is 36.4 Å². The highest BCUT2D eigenvalue weighted by atomic mass is 15.0. The van der Waals surface area contributed by atoms with Crippen LogP contribution >= 0.6 is 0 Å². The molecule has 4 aromatic rings. The first kappa shape index (κ1) is 10.9. The van der Waals surface area contributed by atoms with Crippen molar-refractivity contribution in [1.29, 1.82) is 0 Å². The molecule has 0 radical (unpaired) electrons. The predicted octanol–water partition coefficient (Wildman–Crippen LogP) is 2.76. The SMILES string of the molecule is Nc1ccc2[nH]c(-c3cccc4cccnc34)nc2n1. The Morgan fingerprint density at radius 1 is 0.950 bits per heavy atom. The second-order valence-electron chi connectivity index (χ2n) is 4.57. The van der Waals surface area contributed by atoms with Crippen LogP contribution in [0.5, 0.6) is 0 Å². The number of anilines is 1. The smallest absolute Gasteiger partial charge is 0.180 e. The standard InChI is InChI=1S/C15H11N5/c16-12-7-6-11-15(19-12)20-14(18-11)10-5-1-3-9-4-2-8-17-13(9)10/h1-8H,(H3,16,18,19,20). The molecule has 0 spiro atoms. The van der Waals surface area contributed by atoms with Crippen LogP contribution in [-0.4, -0.2) is 19.9 Å². The maximum atomic E-state index is 5.69. The van der Waals surface area contributed by atoms with Crippen LogP contribution in [0.2, 0.25) is 0 Å². The number of hydrogen-bond donors (Lipinski definition) is 2. The van der Waals surface area contributed by atoms with E-state index in [1.54, 1.807) is 12.3 Å². The average molecular weight is 261 g/mol. The third-order valence-electron chi connectivity index (χ3n) is 3.26. The van der Waals surface area contributed by atoms with Crippen molar-refractivity contribution >= 4 is 27.9 Å². The van der Waals surface area contributed by atoms with Crippen molar-refractivity contribution < 1.29 is 0 Å². The summed E-state index contributed by atoms with van der Waals surface area (Å²) in [5.41, 5.74) is 9.04. The maximum absolute atomic E-state index is 5.69. The summed E-state index contributed by atoms with van der Waals surface area (Å²) in [5.74, 6) is 1.22. The minimum absolute atomic E-state index is 0.464. The monoisotopic (exact) mass is 261 g/mol. The normalized spacial score (nSPS) is 11.2. The van der Waals surface area contributed by atoms with E-state index >= 15 is 0 Å². The van der Waals surface area contributed by atoms with Crippen LogP contribution in [0.3, 0.4) is 0 Å². The number of nitrogens with two attached hydrogens (primary N) is 1. The number of rotatable bonds is 1. The van der Waals surface area contributed by atoms with Crippen molar-refractivity contribution in [2.45, 2.75) is 0 Å². The fourth-order valence-corrected chi connectivity index (χ4v) is 2.33. The molecule has 0 atom stereocenters. The van der Waals surface area contributed by atoms with E-state index < -0.39 is 0 Å². The van der Waals surface area contributed by atoms with Crippen LogP contribution in [0.15, 0.2) is 48.7 Å². The summed E-state index contributed by atoms with van der Waals surface area (Å²) in [5, 5.41) is 1.08. The highest BCUT2D eigenvalue weighted by molar-refractivity contribution is 5.93. The van der Waals surface area contributed by atoms with E-state index in [9.17, 15) is 0 Å². The van der Waals surface area contributed by atoms with Gasteiger partial charge in [-0.25, -0.2) is 9.97 Å². The molecule has 3 N–H and O–H groups in total. The lowest BCUT2D eigenvalue weighted by molar-refractivity contribution is 1.30. The number of pyridine rings is 2. The minimum atomic E-state index is 0.464. The first-order chi connectivity index (χ1) is 9.81. The third-order valence-corrected chi connectivity index (χ3v) is 3.26. The van der Waals surface area contributed by atoms with E-state index in [4.69, 9.17) is 5.73 Å². The number of para-hydroxylation sites is 1. The number of aromatic amines is 1. The van der Waals surface area contributed by atoms with Crippen LogP contribution in [0.25, 0.3) is 33.5 Å². The Labute approximate surface area is 114 Å². The van der Waals surface area contributed by atoms with Gasteiger partial charge in [-0.1, -0.05) is 18.2 Å². The number of hydrogen-bond acceptors (Lipinski definition) is 4. The van der Waals surface area contributed by atoms with Crippen molar-refractivity contribution in [2.24, 2.45) is 0 Å². The number of nitrogen functional groups attached to an aromatic ring is 1. The number of imidazole rings is 1. The molecule has 0 aliphatic carbocycles. The largest absolute Gasteiger partial charge is 0.384 e. The summed E-state index contributed by atoms with van der Waals surface area (Å²) in [6.07, 6.45) is 1.78. The molecule has 0 saturated heterocycles. The molecule has 0 aliphatic rings. The number of benzene rings is 1. The molecule has 96 valence electrons. The van der Waals surface area contributed by atoms with Crippen LogP contribution in [0.1, 0.15) is 0 Å². The average Bonchev–Trinajstić information content (AvgIpc) is 2.89. The summed E-state index contributed by atoms with van der Waals surface area (Å²) in [6, 6.07) is 13.6. The van der Waals surface area contributed by atoms with Crippen molar-refractivity contribution in [3.8, 4) is 11.4 Å². The molecular weight excluding hydrogens is 250 g/mol. The van der Waals surface area contributed by atoms with Gasteiger partial charge in [-0.05, 0) is 24.3 Å². The van der Waals surface area contributed by atoms with Gasteiger partial charge in [0.15, 0.2) is 5.65 Å². The Bertz CT molecular complexity index is 921. The number of nitrogens with zero attached hydrogens (tertiary/aromatic N) is 3. The maximum Gasteiger partial charge on any atom is 0.180 e. The lowest BCUT2D eigenvalue weighted by Crippen LogP contribution is -1.88. The Hall–Kier alpha value is -2.95. The molecule has 0 aliphatic heterocycles. The molecule has 0 bridgehead atoms. The summed E-state index contributed by atoms with van der Waals surface area (Å²) in [6.45, 7) is 0. The third kappa shape index (κ3) is 1.60. The molecule has 3 heterocycles. The molecule has 0 amide bonds. The first-order valence-corrected chi connectivity index (χ1v) is 6.27. The minimum Gasteiger partial charge on any atom is -0.384 e. The Morgan fingerprint density at radius 2 is 1.85 bits per heavy atom. The van der Waals surface area contributed by atoms with Crippen LogP contribution in [0, 0.1) is 0 Å². The molecular formula is C15H11N5. The second kappa shape index (κ2) is 4.03. The molecule has 20 heavy (non-hydrogen) atoms. The van der Waals surface area contributed by atoms with Gasteiger partial charge in [0.2, 0.25) is 0 Å².